The Labute approximate surface area is 126 Å². The Balaban J connectivity index is 2.02. The van der Waals surface area contributed by atoms with E-state index in [1.54, 1.807) is 6.26 Å². The fraction of sp³-hybridized carbons (Fsp3) is 0.562. The first-order valence-electron chi connectivity index (χ1n) is 7.21. The smallest absolute Gasteiger partial charge is 0.163 e. The number of nitrogens with one attached hydrogen (secondary N) is 1. The standard InChI is InChI=1S/C16H25N3O2/c1-11-15(12(2)19(6)18-11)21-10-14-13(7-8-20-14)9-17-16(3,4)5/h7-8,17H,9-10H2,1-6H3. The summed E-state index contributed by atoms with van der Waals surface area (Å²) in [4.78, 5) is 0. The molecule has 0 bridgehead atoms. The number of furan rings is 1. The van der Waals surface area contributed by atoms with Crippen LogP contribution in [0.15, 0.2) is 16.7 Å². The molecule has 0 aliphatic carbocycles. The summed E-state index contributed by atoms with van der Waals surface area (Å²) in [6, 6.07) is 1.99. The van der Waals surface area contributed by atoms with Crippen molar-refractivity contribution in [1.82, 2.24) is 15.1 Å². The second kappa shape index (κ2) is 5.93. The summed E-state index contributed by atoms with van der Waals surface area (Å²) in [6.45, 7) is 11.6. The fourth-order valence-electron chi connectivity index (χ4n) is 2.11. The summed E-state index contributed by atoms with van der Waals surface area (Å²) in [6.07, 6.45) is 1.71. The van der Waals surface area contributed by atoms with Gasteiger partial charge in [0.15, 0.2) is 5.75 Å². The van der Waals surface area contributed by atoms with E-state index in [9.17, 15) is 0 Å². The van der Waals surface area contributed by atoms with Gasteiger partial charge in [0.2, 0.25) is 0 Å². The van der Waals surface area contributed by atoms with E-state index in [0.717, 1.165) is 35.0 Å². The number of nitrogens with zero attached hydrogens (tertiary/aromatic N) is 2. The van der Waals surface area contributed by atoms with Gasteiger partial charge in [0, 0.05) is 24.7 Å². The number of hydrogen-bond acceptors (Lipinski definition) is 4. The SMILES string of the molecule is Cc1nn(C)c(C)c1OCc1occc1CNC(C)(C)C. The molecule has 2 aromatic heterocycles. The first-order valence-corrected chi connectivity index (χ1v) is 7.21. The molecule has 1 N–H and O–H groups in total. The van der Waals surface area contributed by atoms with Gasteiger partial charge in [0.25, 0.3) is 0 Å². The lowest BCUT2D eigenvalue weighted by Crippen LogP contribution is -2.35. The zero-order valence-corrected chi connectivity index (χ0v) is 13.8. The van der Waals surface area contributed by atoms with Crippen molar-refractivity contribution in [3.63, 3.8) is 0 Å². The van der Waals surface area contributed by atoms with Gasteiger partial charge in [-0.3, -0.25) is 4.68 Å². The Hall–Kier alpha value is -1.75. The summed E-state index contributed by atoms with van der Waals surface area (Å²) in [5.41, 5.74) is 3.12. The van der Waals surface area contributed by atoms with Gasteiger partial charge < -0.3 is 14.5 Å². The maximum absolute atomic E-state index is 5.90. The van der Waals surface area contributed by atoms with Gasteiger partial charge in [-0.05, 0) is 40.7 Å². The third-order valence-electron chi connectivity index (χ3n) is 3.44. The van der Waals surface area contributed by atoms with Crippen LogP contribution in [-0.4, -0.2) is 15.3 Å². The third-order valence-corrected chi connectivity index (χ3v) is 3.44. The predicted octanol–water partition coefficient (Wildman–Crippen LogP) is 3.10. The molecule has 0 aliphatic heterocycles. The van der Waals surface area contributed by atoms with Gasteiger partial charge in [-0.25, -0.2) is 0 Å². The number of ether oxygens (including phenoxy) is 1. The van der Waals surface area contributed by atoms with Crippen LogP contribution >= 0.6 is 0 Å². The molecular formula is C16H25N3O2. The van der Waals surface area contributed by atoms with E-state index < -0.39 is 0 Å². The van der Waals surface area contributed by atoms with Crippen molar-refractivity contribution in [2.75, 3.05) is 0 Å². The van der Waals surface area contributed by atoms with Crippen LogP contribution in [0.2, 0.25) is 0 Å². The van der Waals surface area contributed by atoms with Crippen LogP contribution < -0.4 is 10.1 Å². The predicted molar refractivity (Wildman–Crippen MR) is 82.3 cm³/mol. The quantitative estimate of drug-likeness (QED) is 0.919. The maximum atomic E-state index is 5.90. The average molecular weight is 291 g/mol. The molecule has 0 atom stereocenters. The summed E-state index contributed by atoms with van der Waals surface area (Å²) >= 11 is 0. The van der Waals surface area contributed by atoms with Gasteiger partial charge in [0.05, 0.1) is 12.0 Å². The van der Waals surface area contributed by atoms with E-state index in [-0.39, 0.29) is 5.54 Å². The van der Waals surface area contributed by atoms with Gasteiger partial charge in [-0.15, -0.1) is 0 Å². The second-order valence-electron chi connectivity index (χ2n) is 6.38. The first-order chi connectivity index (χ1) is 9.78. The molecule has 2 heterocycles. The lowest BCUT2D eigenvalue weighted by Gasteiger charge is -2.20. The summed E-state index contributed by atoms with van der Waals surface area (Å²) in [5, 5.41) is 7.81. The van der Waals surface area contributed by atoms with E-state index >= 15 is 0 Å². The molecule has 0 fully saturated rings. The molecule has 5 heteroatoms. The van der Waals surface area contributed by atoms with Gasteiger partial charge in [-0.1, -0.05) is 0 Å². The van der Waals surface area contributed by atoms with Crippen LogP contribution in [0.3, 0.4) is 0 Å². The number of aromatic nitrogens is 2. The molecular weight excluding hydrogens is 266 g/mol. The minimum Gasteiger partial charge on any atom is -0.482 e. The van der Waals surface area contributed by atoms with Gasteiger partial charge >= 0.3 is 0 Å². The van der Waals surface area contributed by atoms with E-state index in [4.69, 9.17) is 9.15 Å². The first kappa shape index (κ1) is 15.6. The Morgan fingerprint density at radius 2 is 2.05 bits per heavy atom. The van der Waals surface area contributed by atoms with E-state index in [0.29, 0.717) is 6.61 Å². The minimum atomic E-state index is 0.0753. The number of rotatable bonds is 5. The highest BCUT2D eigenvalue weighted by Gasteiger charge is 2.15. The topological polar surface area (TPSA) is 52.2 Å². The van der Waals surface area contributed by atoms with Gasteiger partial charge in [-0.2, -0.15) is 5.10 Å². The normalized spacial score (nSPS) is 11.9. The second-order valence-corrected chi connectivity index (χ2v) is 6.38. The molecule has 21 heavy (non-hydrogen) atoms. The Bertz CT molecular complexity index is 606. The van der Waals surface area contributed by atoms with Crippen LogP contribution in [0.1, 0.15) is 43.5 Å². The lowest BCUT2D eigenvalue weighted by atomic mass is 10.1. The Kier molecular flexibility index (Phi) is 4.42. The highest BCUT2D eigenvalue weighted by Crippen LogP contribution is 2.23. The molecule has 2 aromatic rings. The monoisotopic (exact) mass is 291 g/mol. The van der Waals surface area contributed by atoms with Crippen LogP contribution in [0, 0.1) is 13.8 Å². The number of hydrogen-bond donors (Lipinski definition) is 1. The zero-order chi connectivity index (χ0) is 15.6. The van der Waals surface area contributed by atoms with Crippen molar-refractivity contribution < 1.29 is 9.15 Å². The summed E-state index contributed by atoms with van der Waals surface area (Å²) in [5.74, 6) is 1.69. The highest BCUT2D eigenvalue weighted by molar-refractivity contribution is 5.32. The largest absolute Gasteiger partial charge is 0.482 e. The van der Waals surface area contributed by atoms with Gasteiger partial charge in [0.1, 0.15) is 18.1 Å². The van der Waals surface area contributed by atoms with Crippen LogP contribution in [0.25, 0.3) is 0 Å². The fourth-order valence-corrected chi connectivity index (χ4v) is 2.11. The van der Waals surface area contributed by atoms with Crippen LogP contribution in [0.5, 0.6) is 5.75 Å². The van der Waals surface area contributed by atoms with Crippen molar-refractivity contribution >= 4 is 0 Å². The van der Waals surface area contributed by atoms with E-state index in [1.807, 2.05) is 31.6 Å². The Morgan fingerprint density at radius 3 is 2.62 bits per heavy atom. The third kappa shape index (κ3) is 3.88. The van der Waals surface area contributed by atoms with Crippen molar-refractivity contribution in [2.24, 2.45) is 7.05 Å². The van der Waals surface area contributed by atoms with Crippen molar-refractivity contribution in [1.29, 1.82) is 0 Å². The molecule has 0 amide bonds. The molecule has 0 saturated carbocycles. The van der Waals surface area contributed by atoms with Crippen molar-refractivity contribution in [3.05, 3.63) is 35.0 Å². The molecule has 0 spiro atoms. The summed E-state index contributed by atoms with van der Waals surface area (Å²) < 4.78 is 13.3. The summed E-state index contributed by atoms with van der Waals surface area (Å²) in [7, 11) is 1.92. The lowest BCUT2D eigenvalue weighted by molar-refractivity contribution is 0.264. The molecule has 0 aromatic carbocycles. The molecule has 5 nitrogen and oxygen atoms in total. The molecule has 0 radical (unpaired) electrons. The van der Waals surface area contributed by atoms with E-state index in [2.05, 4.69) is 31.2 Å². The number of aryl methyl sites for hydroxylation is 2. The molecule has 0 aliphatic rings. The molecule has 2 rings (SSSR count). The molecule has 116 valence electrons. The molecule has 0 unspecified atom stereocenters. The molecule has 0 saturated heterocycles. The van der Waals surface area contributed by atoms with E-state index in [1.165, 1.54) is 0 Å². The maximum Gasteiger partial charge on any atom is 0.163 e. The minimum absolute atomic E-state index is 0.0753. The zero-order valence-electron chi connectivity index (χ0n) is 13.8. The van der Waals surface area contributed by atoms with Crippen LogP contribution in [-0.2, 0) is 20.2 Å². The van der Waals surface area contributed by atoms with Crippen LogP contribution in [0.4, 0.5) is 0 Å². The van der Waals surface area contributed by atoms with Crippen molar-refractivity contribution in [3.8, 4) is 5.75 Å². The Morgan fingerprint density at radius 1 is 1.33 bits per heavy atom. The van der Waals surface area contributed by atoms with Crippen molar-refractivity contribution in [2.45, 2.75) is 53.3 Å². The average Bonchev–Trinajstić information content (AvgIpc) is 2.91. The highest BCUT2D eigenvalue weighted by atomic mass is 16.5.